The zero-order chi connectivity index (χ0) is 15.5. The number of hydrogen-bond acceptors (Lipinski definition) is 4. The number of ether oxygens (including phenoxy) is 1. The number of aliphatic hydroxyl groups excluding tert-OH is 1. The van der Waals surface area contributed by atoms with Gasteiger partial charge in [-0.25, -0.2) is 0 Å². The van der Waals surface area contributed by atoms with Gasteiger partial charge in [-0.3, -0.25) is 9.69 Å². The Morgan fingerprint density at radius 3 is 3.14 bits per heavy atom. The van der Waals surface area contributed by atoms with Crippen molar-refractivity contribution < 1.29 is 14.6 Å². The van der Waals surface area contributed by atoms with Gasteiger partial charge in [0.15, 0.2) is 6.10 Å². The second-order valence-corrected chi connectivity index (χ2v) is 6.32. The summed E-state index contributed by atoms with van der Waals surface area (Å²) in [6.45, 7) is 3.09. The first-order valence-electron chi connectivity index (χ1n) is 7.71. The van der Waals surface area contributed by atoms with Crippen LogP contribution in [0.2, 0.25) is 5.02 Å². The first-order valence-corrected chi connectivity index (χ1v) is 8.09. The van der Waals surface area contributed by atoms with Gasteiger partial charge in [0, 0.05) is 29.7 Å². The Kier molecular flexibility index (Phi) is 4.98. The topological polar surface area (TPSA) is 61.8 Å². The molecule has 5 nitrogen and oxygen atoms in total. The summed E-state index contributed by atoms with van der Waals surface area (Å²) in [5, 5.41) is 13.2. The number of nitrogens with zero attached hydrogens (tertiary/aromatic N) is 1. The van der Waals surface area contributed by atoms with Gasteiger partial charge in [0.2, 0.25) is 0 Å². The van der Waals surface area contributed by atoms with Crippen LogP contribution in [0.4, 0.5) is 0 Å². The number of nitrogens with one attached hydrogen (secondary N) is 1. The Bertz CT molecular complexity index is 540. The number of morpholine rings is 1. The molecule has 0 radical (unpaired) electrons. The van der Waals surface area contributed by atoms with Gasteiger partial charge >= 0.3 is 0 Å². The standard InChI is InChI=1S/C16H21ClN2O3/c17-14-6-2-1-5-13(14)15(20)16(21)18-8-12-9-19-7-3-4-11(19)10-22-12/h1-2,5-6,11-12,15,20H,3-4,7-10H2,(H,18,21)/t11-,12+,15+/m0/s1. The minimum atomic E-state index is -1.25. The molecule has 1 amide bonds. The molecule has 3 atom stereocenters. The van der Waals surface area contributed by atoms with Crippen molar-refractivity contribution in [2.24, 2.45) is 0 Å². The van der Waals surface area contributed by atoms with Crippen molar-refractivity contribution in [3.05, 3.63) is 34.9 Å². The van der Waals surface area contributed by atoms with Crippen LogP contribution < -0.4 is 5.32 Å². The van der Waals surface area contributed by atoms with Crippen molar-refractivity contribution in [1.82, 2.24) is 10.2 Å². The molecule has 2 aliphatic rings. The predicted molar refractivity (Wildman–Crippen MR) is 83.8 cm³/mol. The fourth-order valence-corrected chi connectivity index (χ4v) is 3.40. The second kappa shape index (κ2) is 6.96. The third-order valence-corrected chi connectivity index (χ3v) is 4.76. The van der Waals surface area contributed by atoms with Crippen LogP contribution in [-0.2, 0) is 9.53 Å². The van der Waals surface area contributed by atoms with Gasteiger partial charge in [-0.15, -0.1) is 0 Å². The molecule has 2 saturated heterocycles. The van der Waals surface area contributed by atoms with E-state index >= 15 is 0 Å². The summed E-state index contributed by atoms with van der Waals surface area (Å²) in [7, 11) is 0. The molecule has 0 spiro atoms. The number of hydrogen-bond donors (Lipinski definition) is 2. The molecule has 22 heavy (non-hydrogen) atoms. The van der Waals surface area contributed by atoms with Gasteiger partial charge in [0.1, 0.15) is 0 Å². The highest BCUT2D eigenvalue weighted by Crippen LogP contribution is 2.24. The summed E-state index contributed by atoms with van der Waals surface area (Å²) in [4.78, 5) is 14.5. The number of halogens is 1. The van der Waals surface area contributed by atoms with Gasteiger partial charge < -0.3 is 15.2 Å². The van der Waals surface area contributed by atoms with E-state index in [2.05, 4.69) is 10.2 Å². The van der Waals surface area contributed by atoms with E-state index in [1.54, 1.807) is 24.3 Å². The van der Waals surface area contributed by atoms with Crippen molar-refractivity contribution in [2.45, 2.75) is 31.1 Å². The quantitative estimate of drug-likeness (QED) is 0.878. The first-order chi connectivity index (χ1) is 10.6. The number of carbonyl (C=O) groups is 1. The molecule has 1 aromatic carbocycles. The predicted octanol–water partition coefficient (Wildman–Crippen LogP) is 1.35. The molecule has 0 unspecified atom stereocenters. The lowest BCUT2D eigenvalue weighted by Gasteiger charge is -2.35. The average molecular weight is 325 g/mol. The van der Waals surface area contributed by atoms with E-state index in [-0.39, 0.29) is 6.10 Å². The van der Waals surface area contributed by atoms with Crippen LogP contribution in [-0.4, -0.2) is 54.3 Å². The van der Waals surface area contributed by atoms with Crippen LogP contribution >= 0.6 is 11.6 Å². The van der Waals surface area contributed by atoms with Gasteiger partial charge in [0.25, 0.3) is 5.91 Å². The first kappa shape index (κ1) is 15.7. The molecule has 2 N–H and O–H groups in total. The normalized spacial score (nSPS) is 26.5. The smallest absolute Gasteiger partial charge is 0.253 e. The molecule has 3 rings (SSSR count). The fourth-order valence-electron chi connectivity index (χ4n) is 3.16. The molecule has 120 valence electrons. The Morgan fingerprint density at radius 1 is 1.50 bits per heavy atom. The minimum absolute atomic E-state index is 0.0169. The monoisotopic (exact) mass is 324 g/mol. The zero-order valence-corrected chi connectivity index (χ0v) is 13.1. The number of benzene rings is 1. The third-order valence-electron chi connectivity index (χ3n) is 4.41. The number of aliphatic hydroxyl groups is 1. The van der Waals surface area contributed by atoms with Gasteiger partial charge in [-0.05, 0) is 25.5 Å². The third kappa shape index (κ3) is 3.43. The highest BCUT2D eigenvalue weighted by Gasteiger charge is 2.32. The second-order valence-electron chi connectivity index (χ2n) is 5.92. The van der Waals surface area contributed by atoms with Crippen LogP contribution in [0.5, 0.6) is 0 Å². The molecule has 2 heterocycles. The lowest BCUT2D eigenvalue weighted by Crippen LogP contribution is -2.50. The summed E-state index contributed by atoms with van der Waals surface area (Å²) in [6, 6.07) is 7.36. The van der Waals surface area contributed by atoms with Crippen molar-refractivity contribution in [3.63, 3.8) is 0 Å². The van der Waals surface area contributed by atoms with E-state index in [9.17, 15) is 9.90 Å². The van der Waals surface area contributed by atoms with Crippen molar-refractivity contribution >= 4 is 17.5 Å². The average Bonchev–Trinajstić information content (AvgIpc) is 3.00. The molecule has 2 aliphatic heterocycles. The maximum absolute atomic E-state index is 12.1. The molecule has 1 aromatic rings. The summed E-state index contributed by atoms with van der Waals surface area (Å²) >= 11 is 6.00. The van der Waals surface area contributed by atoms with E-state index in [0.717, 1.165) is 19.7 Å². The highest BCUT2D eigenvalue weighted by atomic mass is 35.5. The van der Waals surface area contributed by atoms with Crippen LogP contribution in [0.1, 0.15) is 24.5 Å². The number of carbonyl (C=O) groups excluding carboxylic acids is 1. The molecule has 0 saturated carbocycles. The van der Waals surface area contributed by atoms with Crippen molar-refractivity contribution in [1.29, 1.82) is 0 Å². The Balaban J connectivity index is 1.51. The van der Waals surface area contributed by atoms with Crippen LogP contribution in [0.3, 0.4) is 0 Å². The van der Waals surface area contributed by atoms with Crippen LogP contribution in [0.25, 0.3) is 0 Å². The largest absolute Gasteiger partial charge is 0.378 e. The van der Waals surface area contributed by atoms with E-state index in [4.69, 9.17) is 16.3 Å². The lowest BCUT2D eigenvalue weighted by atomic mass is 10.1. The van der Waals surface area contributed by atoms with E-state index in [0.29, 0.717) is 23.2 Å². The Labute approximate surface area is 135 Å². The summed E-state index contributed by atoms with van der Waals surface area (Å²) in [5.74, 6) is -0.444. The molecular weight excluding hydrogens is 304 g/mol. The maximum Gasteiger partial charge on any atom is 0.253 e. The van der Waals surface area contributed by atoms with E-state index in [1.807, 2.05) is 0 Å². The lowest BCUT2D eigenvalue weighted by molar-refractivity contribution is -0.131. The number of fused-ring (bicyclic) bond motifs is 1. The van der Waals surface area contributed by atoms with Gasteiger partial charge in [-0.1, -0.05) is 29.8 Å². The SMILES string of the molecule is O=C(NC[C@@H]1CN2CCC[C@H]2CO1)[C@H](O)c1ccccc1Cl. The Hall–Kier alpha value is -1.14. The maximum atomic E-state index is 12.1. The highest BCUT2D eigenvalue weighted by molar-refractivity contribution is 6.31. The zero-order valence-electron chi connectivity index (χ0n) is 12.4. The molecular formula is C16H21ClN2O3. The summed E-state index contributed by atoms with van der Waals surface area (Å²) in [6.07, 6.45) is 1.15. The van der Waals surface area contributed by atoms with Crippen molar-refractivity contribution in [2.75, 3.05) is 26.2 Å². The molecule has 0 bridgehead atoms. The molecule has 0 aromatic heterocycles. The van der Waals surface area contributed by atoms with Crippen LogP contribution in [0, 0.1) is 0 Å². The Morgan fingerprint density at radius 2 is 2.32 bits per heavy atom. The van der Waals surface area contributed by atoms with Gasteiger partial charge in [0.05, 0.1) is 12.7 Å². The molecule has 2 fully saturated rings. The fraction of sp³-hybridized carbons (Fsp3) is 0.562. The summed E-state index contributed by atoms with van der Waals surface area (Å²) < 4.78 is 5.79. The van der Waals surface area contributed by atoms with E-state index < -0.39 is 12.0 Å². The summed E-state index contributed by atoms with van der Waals surface area (Å²) in [5.41, 5.74) is 0.422. The van der Waals surface area contributed by atoms with Crippen molar-refractivity contribution in [3.8, 4) is 0 Å². The van der Waals surface area contributed by atoms with Gasteiger partial charge in [-0.2, -0.15) is 0 Å². The molecule has 0 aliphatic carbocycles. The number of amides is 1. The van der Waals surface area contributed by atoms with Crippen LogP contribution in [0.15, 0.2) is 24.3 Å². The number of rotatable bonds is 4. The molecule has 6 heteroatoms. The van der Waals surface area contributed by atoms with E-state index in [1.165, 1.54) is 12.8 Å². The minimum Gasteiger partial charge on any atom is -0.378 e.